The van der Waals surface area contributed by atoms with Gasteiger partial charge in [0.15, 0.2) is 5.09 Å². The number of nitrogens with zero attached hydrogens (tertiary/aromatic N) is 2. The number of aromatic nitrogens is 1. The summed E-state index contributed by atoms with van der Waals surface area (Å²) in [7, 11) is 1.58. The van der Waals surface area contributed by atoms with Crippen molar-refractivity contribution in [2.24, 2.45) is 4.99 Å². The van der Waals surface area contributed by atoms with E-state index in [-0.39, 0.29) is 0 Å². The Labute approximate surface area is 153 Å². The number of aryl methyl sites for hydroxylation is 1. The lowest BCUT2D eigenvalue weighted by molar-refractivity contribution is 0.398. The van der Waals surface area contributed by atoms with E-state index in [1.54, 1.807) is 37.3 Å². The molecule has 2 heterocycles. The molecule has 0 saturated carbocycles. The van der Waals surface area contributed by atoms with Gasteiger partial charge < -0.3 is 9.15 Å². The van der Waals surface area contributed by atoms with Gasteiger partial charge in [-0.2, -0.15) is 0 Å². The third-order valence-corrected chi connectivity index (χ3v) is 5.02. The minimum absolute atomic E-state index is 0.562. The second-order valence-electron chi connectivity index (χ2n) is 5.02. The lowest BCUT2D eigenvalue weighted by Crippen LogP contribution is -1.84. The van der Waals surface area contributed by atoms with E-state index >= 15 is 0 Å². The SMILES string of the molecule is COc1ccc(N=Cc2cc(Br)c(Sc3ccc(C)cc3)o2)cn1. The van der Waals surface area contributed by atoms with Crippen molar-refractivity contribution in [2.45, 2.75) is 16.9 Å². The molecule has 6 heteroatoms. The molecule has 122 valence electrons. The van der Waals surface area contributed by atoms with Crippen molar-refractivity contribution >= 4 is 39.6 Å². The van der Waals surface area contributed by atoms with Crippen LogP contribution in [-0.2, 0) is 0 Å². The number of aliphatic imine (C=N–C) groups is 1. The first-order valence-electron chi connectivity index (χ1n) is 7.22. The zero-order valence-corrected chi connectivity index (χ0v) is 15.6. The van der Waals surface area contributed by atoms with Crippen LogP contribution in [0.5, 0.6) is 5.88 Å². The quantitative estimate of drug-likeness (QED) is 0.516. The van der Waals surface area contributed by atoms with Crippen molar-refractivity contribution in [3.05, 3.63) is 64.5 Å². The highest BCUT2D eigenvalue weighted by atomic mass is 79.9. The van der Waals surface area contributed by atoms with Crippen LogP contribution in [0.3, 0.4) is 0 Å². The number of benzene rings is 1. The monoisotopic (exact) mass is 402 g/mol. The Bertz CT molecular complexity index is 842. The van der Waals surface area contributed by atoms with Crippen molar-refractivity contribution in [1.82, 2.24) is 4.98 Å². The van der Waals surface area contributed by atoms with Crippen LogP contribution in [0.25, 0.3) is 0 Å². The molecule has 0 spiro atoms. The number of halogens is 1. The van der Waals surface area contributed by atoms with Crippen LogP contribution in [0.15, 0.2) is 72.5 Å². The van der Waals surface area contributed by atoms with E-state index in [1.807, 2.05) is 12.1 Å². The topological polar surface area (TPSA) is 47.6 Å². The maximum absolute atomic E-state index is 5.84. The highest BCUT2D eigenvalue weighted by Crippen LogP contribution is 2.35. The third kappa shape index (κ3) is 4.27. The van der Waals surface area contributed by atoms with Crippen molar-refractivity contribution in [2.75, 3.05) is 7.11 Å². The van der Waals surface area contributed by atoms with Gasteiger partial charge in [0, 0.05) is 17.0 Å². The molecule has 0 aliphatic rings. The Morgan fingerprint density at radius 1 is 1.21 bits per heavy atom. The fraction of sp³-hybridized carbons (Fsp3) is 0.111. The van der Waals surface area contributed by atoms with Crippen molar-refractivity contribution in [1.29, 1.82) is 0 Å². The van der Waals surface area contributed by atoms with Crippen molar-refractivity contribution in [3.8, 4) is 5.88 Å². The Balaban J connectivity index is 1.73. The number of hydrogen-bond donors (Lipinski definition) is 0. The molecule has 0 aliphatic heterocycles. The lowest BCUT2D eigenvalue weighted by atomic mass is 10.2. The predicted molar refractivity (Wildman–Crippen MR) is 99.8 cm³/mol. The molecule has 0 unspecified atom stereocenters. The van der Waals surface area contributed by atoms with E-state index in [4.69, 9.17) is 9.15 Å². The normalized spacial score (nSPS) is 11.1. The Hall–Kier alpha value is -2.05. The Morgan fingerprint density at radius 3 is 2.67 bits per heavy atom. The molecular formula is C18H15BrN2O2S. The summed E-state index contributed by atoms with van der Waals surface area (Å²) < 4.78 is 11.8. The molecule has 0 bridgehead atoms. The molecule has 0 saturated heterocycles. The van der Waals surface area contributed by atoms with E-state index in [0.29, 0.717) is 11.6 Å². The van der Waals surface area contributed by atoms with Gasteiger partial charge in [0.1, 0.15) is 5.76 Å². The van der Waals surface area contributed by atoms with Gasteiger partial charge in [0.05, 0.1) is 29.7 Å². The molecule has 2 aromatic heterocycles. The molecule has 3 aromatic rings. The Kier molecular flexibility index (Phi) is 5.37. The molecule has 0 N–H and O–H groups in total. The van der Waals surface area contributed by atoms with Gasteiger partial charge in [-0.3, -0.25) is 4.99 Å². The van der Waals surface area contributed by atoms with Gasteiger partial charge in [-0.15, -0.1) is 0 Å². The summed E-state index contributed by atoms with van der Waals surface area (Å²) in [6.07, 6.45) is 3.32. The van der Waals surface area contributed by atoms with E-state index in [2.05, 4.69) is 57.1 Å². The van der Waals surface area contributed by atoms with Crippen LogP contribution in [0.4, 0.5) is 5.69 Å². The van der Waals surface area contributed by atoms with Crippen LogP contribution in [0.1, 0.15) is 11.3 Å². The van der Waals surface area contributed by atoms with Crippen LogP contribution < -0.4 is 4.74 Å². The second kappa shape index (κ2) is 7.68. The van der Waals surface area contributed by atoms with E-state index < -0.39 is 0 Å². The van der Waals surface area contributed by atoms with Gasteiger partial charge in [-0.1, -0.05) is 29.5 Å². The van der Waals surface area contributed by atoms with Crippen molar-refractivity contribution in [3.63, 3.8) is 0 Å². The van der Waals surface area contributed by atoms with Crippen LogP contribution in [0.2, 0.25) is 0 Å². The van der Waals surface area contributed by atoms with E-state index in [0.717, 1.165) is 20.1 Å². The Morgan fingerprint density at radius 2 is 2.00 bits per heavy atom. The largest absolute Gasteiger partial charge is 0.481 e. The second-order valence-corrected chi connectivity index (χ2v) is 6.92. The fourth-order valence-corrected chi connectivity index (χ4v) is 3.25. The number of pyridine rings is 1. The highest BCUT2D eigenvalue weighted by Gasteiger charge is 2.09. The highest BCUT2D eigenvalue weighted by molar-refractivity contribution is 9.10. The number of methoxy groups -OCH3 is 1. The standard InChI is InChI=1S/C18H15BrN2O2S/c1-12-3-6-15(7-4-12)24-18-16(19)9-14(23-18)11-20-13-5-8-17(22-2)21-10-13/h3-11H,1-2H3. The summed E-state index contributed by atoms with van der Waals surface area (Å²) in [5, 5.41) is 0.799. The molecular weight excluding hydrogens is 388 g/mol. The maximum atomic E-state index is 5.84. The first-order chi connectivity index (χ1) is 11.6. The number of rotatable bonds is 5. The maximum Gasteiger partial charge on any atom is 0.213 e. The summed E-state index contributed by atoms with van der Waals surface area (Å²) in [5.74, 6) is 1.23. The molecule has 0 fully saturated rings. The van der Waals surface area contributed by atoms with Gasteiger partial charge in [-0.25, -0.2) is 4.98 Å². The predicted octanol–water partition coefficient (Wildman–Crippen LogP) is 5.66. The molecule has 0 amide bonds. The average molecular weight is 403 g/mol. The van der Waals surface area contributed by atoms with Crippen LogP contribution in [0, 0.1) is 6.92 Å². The lowest BCUT2D eigenvalue weighted by Gasteiger charge is -1.99. The minimum atomic E-state index is 0.562. The third-order valence-electron chi connectivity index (χ3n) is 3.18. The fourth-order valence-electron chi connectivity index (χ4n) is 1.92. The molecule has 0 radical (unpaired) electrons. The molecule has 0 atom stereocenters. The molecule has 3 rings (SSSR count). The van der Waals surface area contributed by atoms with Crippen molar-refractivity contribution < 1.29 is 9.15 Å². The zero-order valence-electron chi connectivity index (χ0n) is 13.2. The van der Waals surface area contributed by atoms with E-state index in [9.17, 15) is 0 Å². The van der Waals surface area contributed by atoms with Gasteiger partial charge in [0.2, 0.25) is 5.88 Å². The number of ether oxygens (including phenoxy) is 1. The minimum Gasteiger partial charge on any atom is -0.481 e. The summed E-state index contributed by atoms with van der Waals surface area (Å²) in [5.41, 5.74) is 1.97. The molecule has 24 heavy (non-hydrogen) atoms. The average Bonchev–Trinajstić information content (AvgIpc) is 2.95. The number of hydrogen-bond acceptors (Lipinski definition) is 5. The van der Waals surface area contributed by atoms with Crippen LogP contribution >= 0.6 is 27.7 Å². The number of furan rings is 1. The van der Waals surface area contributed by atoms with Gasteiger partial charge >= 0.3 is 0 Å². The molecule has 0 aliphatic carbocycles. The van der Waals surface area contributed by atoms with Gasteiger partial charge in [0.25, 0.3) is 0 Å². The first-order valence-corrected chi connectivity index (χ1v) is 8.83. The zero-order chi connectivity index (χ0) is 16.9. The van der Waals surface area contributed by atoms with Gasteiger partial charge in [-0.05, 0) is 41.1 Å². The summed E-state index contributed by atoms with van der Waals surface area (Å²) in [6, 6.07) is 13.8. The molecule has 1 aromatic carbocycles. The van der Waals surface area contributed by atoms with Crippen LogP contribution in [-0.4, -0.2) is 18.3 Å². The smallest absolute Gasteiger partial charge is 0.213 e. The summed E-state index contributed by atoms with van der Waals surface area (Å²) >= 11 is 5.10. The summed E-state index contributed by atoms with van der Waals surface area (Å²) in [6.45, 7) is 2.07. The van der Waals surface area contributed by atoms with E-state index in [1.165, 1.54) is 5.56 Å². The first kappa shape index (κ1) is 16.8. The molecule has 4 nitrogen and oxygen atoms in total. The summed E-state index contributed by atoms with van der Waals surface area (Å²) in [4.78, 5) is 9.60.